The molecule has 1 aliphatic heterocycles. The molecule has 0 unspecified atom stereocenters. The van der Waals surface area contributed by atoms with Gasteiger partial charge in [0.1, 0.15) is 0 Å². The molecule has 0 amide bonds. The molecule has 0 radical (unpaired) electrons. The molecular weight excluding hydrogens is 242 g/mol. The van der Waals surface area contributed by atoms with Gasteiger partial charge < -0.3 is 5.32 Å². The number of nitrogens with one attached hydrogen (secondary N) is 1. The number of nitrogens with zero attached hydrogens (tertiary/aromatic N) is 2. The Labute approximate surface area is 114 Å². The molecule has 3 rings (SSSR count). The number of hydrogen-bond donors (Lipinski definition) is 1. The fraction of sp³-hybridized carbons (Fsp3) is 0.786. The zero-order valence-corrected chi connectivity index (χ0v) is 12.2. The van der Waals surface area contributed by atoms with E-state index in [9.17, 15) is 0 Å². The third-order valence-corrected chi connectivity index (χ3v) is 5.08. The van der Waals surface area contributed by atoms with Crippen LogP contribution in [0.4, 0.5) is 0 Å². The Morgan fingerprint density at radius 2 is 2.17 bits per heavy atom. The zero-order chi connectivity index (χ0) is 12.5. The second-order valence-electron chi connectivity index (χ2n) is 5.70. The third-order valence-electron chi connectivity index (χ3n) is 4.03. The maximum atomic E-state index is 4.55. The Morgan fingerprint density at radius 3 is 2.72 bits per heavy atom. The van der Waals surface area contributed by atoms with Crippen LogP contribution in [0.3, 0.4) is 0 Å². The van der Waals surface area contributed by atoms with Gasteiger partial charge in [0.05, 0.1) is 10.7 Å². The summed E-state index contributed by atoms with van der Waals surface area (Å²) in [6.07, 6.45) is 5.49. The maximum absolute atomic E-state index is 4.55. The molecule has 1 saturated heterocycles. The smallest absolute Gasteiger partial charge is 0.0900 e. The van der Waals surface area contributed by atoms with Crippen molar-refractivity contribution < 1.29 is 0 Å². The fourth-order valence-corrected chi connectivity index (χ4v) is 3.85. The molecule has 1 aliphatic carbocycles. The largest absolute Gasteiger partial charge is 0.313 e. The first kappa shape index (κ1) is 12.6. The first-order valence-corrected chi connectivity index (χ1v) is 7.94. The van der Waals surface area contributed by atoms with E-state index in [1.807, 2.05) is 11.3 Å². The van der Waals surface area contributed by atoms with Gasteiger partial charge in [-0.1, -0.05) is 0 Å². The molecule has 0 aromatic carbocycles. The number of aromatic nitrogens is 1. The van der Waals surface area contributed by atoms with E-state index >= 15 is 0 Å². The van der Waals surface area contributed by atoms with Crippen LogP contribution in [0.25, 0.3) is 0 Å². The average molecular weight is 265 g/mol. The van der Waals surface area contributed by atoms with Gasteiger partial charge in [-0.05, 0) is 46.1 Å². The van der Waals surface area contributed by atoms with Crippen molar-refractivity contribution in [3.05, 3.63) is 15.6 Å². The highest BCUT2D eigenvalue weighted by molar-refractivity contribution is 7.11. The Hall–Kier alpha value is -0.450. The minimum absolute atomic E-state index is 0.722. The predicted molar refractivity (Wildman–Crippen MR) is 76.0 cm³/mol. The molecule has 2 aliphatic rings. The van der Waals surface area contributed by atoms with Crippen molar-refractivity contribution in [1.82, 2.24) is 15.2 Å². The molecule has 2 fully saturated rings. The normalized spacial score (nSPS) is 24.1. The number of thiazole rings is 1. The van der Waals surface area contributed by atoms with E-state index in [0.29, 0.717) is 0 Å². The van der Waals surface area contributed by atoms with Crippen LogP contribution in [-0.4, -0.2) is 35.1 Å². The Balaban J connectivity index is 1.64. The summed E-state index contributed by atoms with van der Waals surface area (Å²) < 4.78 is 0. The predicted octanol–water partition coefficient (Wildman–Crippen LogP) is 2.48. The van der Waals surface area contributed by atoms with Crippen LogP contribution in [-0.2, 0) is 6.54 Å². The lowest BCUT2D eigenvalue weighted by Gasteiger charge is -2.25. The second-order valence-corrected chi connectivity index (χ2v) is 6.98. The van der Waals surface area contributed by atoms with Crippen LogP contribution in [0.2, 0.25) is 0 Å². The molecule has 4 heteroatoms. The topological polar surface area (TPSA) is 28.2 Å². The van der Waals surface area contributed by atoms with E-state index in [-0.39, 0.29) is 0 Å². The average Bonchev–Trinajstić information content (AvgIpc) is 2.96. The van der Waals surface area contributed by atoms with E-state index in [2.05, 4.69) is 29.0 Å². The van der Waals surface area contributed by atoms with Crippen LogP contribution in [0, 0.1) is 13.8 Å². The summed E-state index contributed by atoms with van der Waals surface area (Å²) in [5, 5.41) is 4.83. The highest BCUT2D eigenvalue weighted by Crippen LogP contribution is 2.31. The van der Waals surface area contributed by atoms with Crippen LogP contribution < -0.4 is 5.32 Å². The highest BCUT2D eigenvalue weighted by Gasteiger charge is 2.31. The first-order valence-electron chi connectivity index (χ1n) is 7.12. The molecule has 1 N–H and O–H groups in total. The van der Waals surface area contributed by atoms with Gasteiger partial charge in [-0.25, -0.2) is 4.98 Å². The number of aryl methyl sites for hydroxylation is 2. The molecular formula is C14H23N3S. The van der Waals surface area contributed by atoms with Crippen LogP contribution in [0.15, 0.2) is 0 Å². The monoisotopic (exact) mass is 265 g/mol. The SMILES string of the molecule is Cc1nc(C)c(CN(C[C@@H]2CCCN2)C2CC2)s1. The minimum atomic E-state index is 0.722. The molecule has 18 heavy (non-hydrogen) atoms. The van der Waals surface area contributed by atoms with Crippen molar-refractivity contribution in [3.8, 4) is 0 Å². The van der Waals surface area contributed by atoms with E-state index < -0.39 is 0 Å². The van der Waals surface area contributed by atoms with Gasteiger partial charge >= 0.3 is 0 Å². The first-order chi connectivity index (χ1) is 8.72. The van der Waals surface area contributed by atoms with Gasteiger partial charge in [-0.2, -0.15) is 0 Å². The summed E-state index contributed by atoms with van der Waals surface area (Å²) in [5.74, 6) is 0. The summed E-state index contributed by atoms with van der Waals surface area (Å²) in [4.78, 5) is 8.71. The van der Waals surface area contributed by atoms with E-state index in [4.69, 9.17) is 0 Å². The van der Waals surface area contributed by atoms with Gasteiger partial charge in [0.15, 0.2) is 0 Å². The van der Waals surface area contributed by atoms with E-state index in [0.717, 1.165) is 18.6 Å². The molecule has 2 heterocycles. The van der Waals surface area contributed by atoms with Crippen molar-refractivity contribution in [2.24, 2.45) is 0 Å². The van der Waals surface area contributed by atoms with Crippen molar-refractivity contribution in [2.45, 2.75) is 58.2 Å². The van der Waals surface area contributed by atoms with Crippen LogP contribution >= 0.6 is 11.3 Å². The summed E-state index contributed by atoms with van der Waals surface area (Å²) in [7, 11) is 0. The molecule has 0 spiro atoms. The molecule has 1 saturated carbocycles. The van der Waals surface area contributed by atoms with Crippen molar-refractivity contribution in [1.29, 1.82) is 0 Å². The Kier molecular flexibility index (Phi) is 3.68. The zero-order valence-electron chi connectivity index (χ0n) is 11.4. The minimum Gasteiger partial charge on any atom is -0.313 e. The van der Waals surface area contributed by atoms with Gasteiger partial charge in [-0.15, -0.1) is 11.3 Å². The standard InChI is InChI=1S/C14H23N3S/c1-10-14(18-11(2)16-10)9-17(13-5-6-13)8-12-4-3-7-15-12/h12-13,15H,3-9H2,1-2H3/t12-/m0/s1. The summed E-state index contributed by atoms with van der Waals surface area (Å²) in [6, 6.07) is 1.56. The highest BCUT2D eigenvalue weighted by atomic mass is 32.1. The van der Waals surface area contributed by atoms with Crippen LogP contribution in [0.1, 0.15) is 41.3 Å². The molecule has 3 nitrogen and oxygen atoms in total. The molecule has 1 atom stereocenters. The third kappa shape index (κ3) is 2.92. The van der Waals surface area contributed by atoms with Gasteiger partial charge in [0.25, 0.3) is 0 Å². The van der Waals surface area contributed by atoms with Crippen molar-refractivity contribution in [2.75, 3.05) is 13.1 Å². The molecule has 100 valence electrons. The van der Waals surface area contributed by atoms with Gasteiger partial charge in [-0.3, -0.25) is 4.90 Å². The van der Waals surface area contributed by atoms with E-state index in [1.165, 1.54) is 54.4 Å². The summed E-state index contributed by atoms with van der Waals surface area (Å²) >= 11 is 1.87. The summed E-state index contributed by atoms with van der Waals surface area (Å²) in [6.45, 7) is 7.81. The molecule has 1 aromatic rings. The fourth-order valence-electron chi connectivity index (χ4n) is 2.88. The lowest BCUT2D eigenvalue weighted by atomic mass is 10.2. The molecule has 1 aromatic heterocycles. The van der Waals surface area contributed by atoms with Crippen LogP contribution in [0.5, 0.6) is 0 Å². The number of rotatable bonds is 5. The van der Waals surface area contributed by atoms with Gasteiger partial charge in [0, 0.05) is 30.1 Å². The Bertz CT molecular complexity index is 405. The lowest BCUT2D eigenvalue weighted by Crippen LogP contribution is -2.38. The quantitative estimate of drug-likeness (QED) is 0.886. The maximum Gasteiger partial charge on any atom is 0.0900 e. The summed E-state index contributed by atoms with van der Waals surface area (Å²) in [5.41, 5.74) is 1.24. The second kappa shape index (κ2) is 5.27. The lowest BCUT2D eigenvalue weighted by molar-refractivity contribution is 0.232. The molecule has 0 bridgehead atoms. The number of hydrogen-bond acceptors (Lipinski definition) is 4. The van der Waals surface area contributed by atoms with Gasteiger partial charge in [0.2, 0.25) is 0 Å². The van der Waals surface area contributed by atoms with Crippen molar-refractivity contribution >= 4 is 11.3 Å². The van der Waals surface area contributed by atoms with Crippen molar-refractivity contribution in [3.63, 3.8) is 0 Å². The Morgan fingerprint density at radius 1 is 1.33 bits per heavy atom. The van der Waals surface area contributed by atoms with E-state index in [1.54, 1.807) is 0 Å².